The highest BCUT2D eigenvalue weighted by atomic mass is 31.2. The van der Waals surface area contributed by atoms with Crippen LogP contribution in [0.1, 0.15) is 68.3 Å². The van der Waals surface area contributed by atoms with Gasteiger partial charge in [-0.05, 0) is 50.8 Å². The average Bonchev–Trinajstić information content (AvgIpc) is 2.70. The van der Waals surface area contributed by atoms with Crippen LogP contribution in [0.2, 0.25) is 0 Å². The van der Waals surface area contributed by atoms with Gasteiger partial charge in [-0.1, -0.05) is 37.5 Å². The van der Waals surface area contributed by atoms with Gasteiger partial charge in [0.25, 0.3) is 5.91 Å². The fourth-order valence-corrected chi connectivity index (χ4v) is 4.73. The number of carbonyl (C=O) groups excluding carboxylic acids is 2. The van der Waals surface area contributed by atoms with Crippen molar-refractivity contribution >= 4 is 19.4 Å². The van der Waals surface area contributed by atoms with E-state index >= 15 is 0 Å². The highest BCUT2D eigenvalue weighted by Crippen LogP contribution is 2.51. The van der Waals surface area contributed by atoms with Gasteiger partial charge in [-0.15, -0.1) is 6.58 Å². The van der Waals surface area contributed by atoms with Crippen molar-refractivity contribution in [2.75, 3.05) is 13.2 Å². The van der Waals surface area contributed by atoms with Crippen LogP contribution in [0.15, 0.2) is 36.9 Å². The molecule has 0 aromatic heterocycles. The first-order valence-corrected chi connectivity index (χ1v) is 12.3. The van der Waals surface area contributed by atoms with E-state index < -0.39 is 19.5 Å². The predicted octanol–water partition coefficient (Wildman–Crippen LogP) is 4.56. The third-order valence-corrected chi connectivity index (χ3v) is 6.60. The Labute approximate surface area is 179 Å². The highest BCUT2D eigenvalue weighted by Gasteiger charge is 2.24. The van der Waals surface area contributed by atoms with Crippen LogP contribution in [-0.2, 0) is 24.6 Å². The molecule has 0 heterocycles. The molecule has 3 N–H and O–H groups in total. The van der Waals surface area contributed by atoms with E-state index in [0.717, 1.165) is 37.7 Å². The second kappa shape index (κ2) is 14.1. The Morgan fingerprint density at radius 1 is 1.10 bits per heavy atom. The summed E-state index contributed by atoms with van der Waals surface area (Å²) in [6.07, 6.45) is 7.44. The van der Waals surface area contributed by atoms with Crippen molar-refractivity contribution < 1.29 is 23.2 Å². The van der Waals surface area contributed by atoms with Crippen LogP contribution in [0.25, 0.3) is 0 Å². The lowest BCUT2D eigenvalue weighted by Crippen LogP contribution is -2.44. The lowest BCUT2D eigenvalue weighted by molar-refractivity contribution is -0.120. The Morgan fingerprint density at radius 2 is 1.70 bits per heavy atom. The smallest absolute Gasteiger partial charge is 0.335 e. The van der Waals surface area contributed by atoms with Crippen LogP contribution >= 0.6 is 7.60 Å². The van der Waals surface area contributed by atoms with Gasteiger partial charge in [-0.2, -0.15) is 0 Å². The van der Waals surface area contributed by atoms with Crippen molar-refractivity contribution in [3.8, 4) is 0 Å². The molecule has 0 fully saturated rings. The quantitative estimate of drug-likeness (QED) is 0.223. The van der Waals surface area contributed by atoms with E-state index in [4.69, 9.17) is 14.8 Å². The van der Waals surface area contributed by atoms with Crippen LogP contribution in [0.3, 0.4) is 0 Å². The number of hydrogen-bond donors (Lipinski definition) is 2. The molecule has 0 unspecified atom stereocenters. The van der Waals surface area contributed by atoms with Gasteiger partial charge in [0.15, 0.2) is 0 Å². The zero-order chi connectivity index (χ0) is 22.4. The molecule has 8 heteroatoms. The number of benzene rings is 1. The van der Waals surface area contributed by atoms with Crippen LogP contribution in [0, 0.1) is 0 Å². The fraction of sp³-hybridized carbons (Fsp3) is 0.545. The largest absolute Gasteiger partial charge is 0.368 e. The van der Waals surface area contributed by atoms with Gasteiger partial charge in [-0.25, -0.2) is 0 Å². The molecule has 0 saturated carbocycles. The topological polar surface area (TPSA) is 108 Å². The Bertz CT molecular complexity index is 711. The Hall–Kier alpha value is -1.95. The maximum absolute atomic E-state index is 12.6. The van der Waals surface area contributed by atoms with Crippen molar-refractivity contribution in [1.29, 1.82) is 0 Å². The Balaban J connectivity index is 2.63. The van der Waals surface area contributed by atoms with E-state index in [-0.39, 0.29) is 12.1 Å². The monoisotopic (exact) mass is 438 g/mol. The number of carbonyl (C=O) groups is 2. The predicted molar refractivity (Wildman–Crippen MR) is 119 cm³/mol. The Morgan fingerprint density at radius 3 is 2.23 bits per heavy atom. The van der Waals surface area contributed by atoms with Crippen LogP contribution in [0.4, 0.5) is 0 Å². The SMILES string of the molecule is C=CCCCCCC[C@H](NC(=O)c1ccc(CP(=O)(OCC)OCC)cc1)C(N)=O. The first-order chi connectivity index (χ1) is 14.3. The minimum absolute atomic E-state index is 0.131. The molecule has 0 aliphatic carbocycles. The van der Waals surface area contributed by atoms with Crippen molar-refractivity contribution in [2.45, 2.75) is 64.6 Å². The summed E-state index contributed by atoms with van der Waals surface area (Å²) in [5, 5.41) is 2.71. The molecule has 1 rings (SSSR count). The zero-order valence-corrected chi connectivity index (χ0v) is 19.0. The summed E-state index contributed by atoms with van der Waals surface area (Å²) in [6.45, 7) is 7.80. The number of hydrogen-bond acceptors (Lipinski definition) is 5. The standard InChI is InChI=1S/C22H35N2O5P/c1-4-7-8-9-10-11-12-20(21(23)25)24-22(26)19-15-13-18(14-16-19)17-30(27,28-5-2)29-6-3/h4,13-16,20H,1,5-12,17H2,2-3H3,(H2,23,25)(H,24,26)/t20-/m0/s1. The number of nitrogens with two attached hydrogens (primary N) is 1. The molecule has 7 nitrogen and oxygen atoms in total. The molecule has 168 valence electrons. The van der Waals surface area contributed by atoms with Crippen LogP contribution in [-0.4, -0.2) is 31.1 Å². The van der Waals surface area contributed by atoms with E-state index in [1.165, 1.54) is 0 Å². The third kappa shape index (κ3) is 9.70. The van der Waals surface area contributed by atoms with Gasteiger partial charge < -0.3 is 20.1 Å². The van der Waals surface area contributed by atoms with Crippen molar-refractivity contribution in [3.05, 3.63) is 48.0 Å². The van der Waals surface area contributed by atoms with Crippen LogP contribution in [0.5, 0.6) is 0 Å². The van der Waals surface area contributed by atoms with Gasteiger partial charge in [0, 0.05) is 5.56 Å². The molecule has 0 saturated heterocycles. The van der Waals surface area contributed by atoms with Gasteiger partial charge in [-0.3, -0.25) is 14.2 Å². The summed E-state index contributed by atoms with van der Waals surface area (Å²) in [6, 6.07) is 5.96. The molecular formula is C22H35N2O5P. The number of primary amides is 1. The average molecular weight is 439 g/mol. The molecule has 0 aliphatic rings. The van der Waals surface area contributed by atoms with Gasteiger partial charge in [0.2, 0.25) is 5.91 Å². The number of rotatable bonds is 16. The normalized spacial score (nSPS) is 12.3. The maximum Gasteiger partial charge on any atom is 0.335 e. The summed E-state index contributed by atoms with van der Waals surface area (Å²) in [4.78, 5) is 24.2. The van der Waals surface area contributed by atoms with Gasteiger partial charge in [0.1, 0.15) is 6.04 Å². The fourth-order valence-electron chi connectivity index (χ4n) is 3.02. The second-order valence-corrected chi connectivity index (χ2v) is 9.06. The third-order valence-electron chi connectivity index (χ3n) is 4.54. The summed E-state index contributed by atoms with van der Waals surface area (Å²) in [7, 11) is -3.21. The number of allylic oxidation sites excluding steroid dienone is 1. The summed E-state index contributed by atoms with van der Waals surface area (Å²) in [5.74, 6) is -0.907. The maximum atomic E-state index is 12.6. The molecule has 2 amide bonds. The first kappa shape index (κ1) is 26.1. The number of unbranched alkanes of at least 4 members (excludes halogenated alkanes) is 4. The van der Waals surface area contributed by atoms with E-state index in [1.54, 1.807) is 38.1 Å². The van der Waals surface area contributed by atoms with E-state index in [9.17, 15) is 14.2 Å². The molecule has 1 atom stereocenters. The molecule has 0 radical (unpaired) electrons. The van der Waals surface area contributed by atoms with Crippen molar-refractivity contribution in [1.82, 2.24) is 5.32 Å². The van der Waals surface area contributed by atoms with E-state index in [2.05, 4.69) is 11.9 Å². The molecule has 0 bridgehead atoms. The van der Waals surface area contributed by atoms with Crippen LogP contribution < -0.4 is 11.1 Å². The van der Waals surface area contributed by atoms with Gasteiger partial charge >= 0.3 is 7.60 Å². The zero-order valence-electron chi connectivity index (χ0n) is 18.1. The molecule has 30 heavy (non-hydrogen) atoms. The van der Waals surface area contributed by atoms with Crippen molar-refractivity contribution in [3.63, 3.8) is 0 Å². The highest BCUT2D eigenvalue weighted by molar-refractivity contribution is 7.53. The Kier molecular flexibility index (Phi) is 12.3. The number of amides is 2. The van der Waals surface area contributed by atoms with Crippen molar-refractivity contribution in [2.24, 2.45) is 5.73 Å². The molecule has 1 aromatic rings. The molecule has 1 aromatic carbocycles. The minimum Gasteiger partial charge on any atom is -0.368 e. The summed E-state index contributed by atoms with van der Waals surface area (Å²) >= 11 is 0. The molecular weight excluding hydrogens is 403 g/mol. The minimum atomic E-state index is -3.21. The van der Waals surface area contributed by atoms with Gasteiger partial charge in [0.05, 0.1) is 19.4 Å². The lowest BCUT2D eigenvalue weighted by Gasteiger charge is -2.17. The lowest BCUT2D eigenvalue weighted by atomic mass is 10.0. The molecule has 0 spiro atoms. The first-order valence-electron chi connectivity index (χ1n) is 10.5. The van der Waals surface area contributed by atoms with E-state index in [1.807, 2.05) is 6.08 Å². The summed E-state index contributed by atoms with van der Waals surface area (Å²) in [5.41, 5.74) is 6.59. The second-order valence-electron chi connectivity index (χ2n) is 7.01. The summed E-state index contributed by atoms with van der Waals surface area (Å²) < 4.78 is 23.2. The molecule has 0 aliphatic heterocycles. The number of nitrogens with one attached hydrogen (secondary N) is 1. The van der Waals surface area contributed by atoms with E-state index in [0.29, 0.717) is 25.2 Å².